The molecule has 1 aromatic carbocycles. The number of benzene rings is 1. The van der Waals surface area contributed by atoms with Crippen molar-refractivity contribution in [2.24, 2.45) is 0 Å². The maximum atomic E-state index is 11.8. The highest BCUT2D eigenvalue weighted by molar-refractivity contribution is 5.97. The molecule has 16 heavy (non-hydrogen) atoms. The first-order valence-corrected chi connectivity index (χ1v) is 5.28. The number of carbonyl (C=O) groups excluding carboxylic acids is 1. The third-order valence-corrected chi connectivity index (χ3v) is 2.67. The lowest BCUT2D eigenvalue weighted by atomic mass is 10.1. The van der Waals surface area contributed by atoms with E-state index >= 15 is 0 Å². The van der Waals surface area contributed by atoms with Crippen molar-refractivity contribution in [1.82, 2.24) is 4.98 Å². The fourth-order valence-electron chi connectivity index (χ4n) is 1.71. The fourth-order valence-corrected chi connectivity index (χ4v) is 1.71. The highest BCUT2D eigenvalue weighted by atomic mass is 16.1. The van der Waals surface area contributed by atoms with Gasteiger partial charge >= 0.3 is 0 Å². The van der Waals surface area contributed by atoms with Crippen LogP contribution >= 0.6 is 0 Å². The molecular formula is C13H13NO2. The molecule has 0 aliphatic rings. The zero-order valence-electron chi connectivity index (χ0n) is 9.33. The Morgan fingerprint density at radius 2 is 2.06 bits per heavy atom. The van der Waals surface area contributed by atoms with Gasteiger partial charge in [0.15, 0.2) is 11.2 Å². The van der Waals surface area contributed by atoms with E-state index in [4.69, 9.17) is 0 Å². The molecule has 0 fully saturated rings. The van der Waals surface area contributed by atoms with Crippen LogP contribution < -0.4 is 5.43 Å². The van der Waals surface area contributed by atoms with Crippen LogP contribution in [0.4, 0.5) is 0 Å². The minimum absolute atomic E-state index is 0.0270. The lowest BCUT2D eigenvalue weighted by Gasteiger charge is -2.03. The number of pyridine rings is 1. The first-order chi connectivity index (χ1) is 7.61. The number of H-pyrrole nitrogens is 1. The molecule has 2 rings (SSSR count). The van der Waals surface area contributed by atoms with E-state index in [2.05, 4.69) is 4.98 Å². The SMILES string of the molecule is CCc1cc(=O)c2cc(C(C)=O)ccc2[nH]1. The van der Waals surface area contributed by atoms with E-state index in [1.165, 1.54) is 6.92 Å². The van der Waals surface area contributed by atoms with Gasteiger partial charge in [0.25, 0.3) is 0 Å². The highest BCUT2D eigenvalue weighted by Gasteiger charge is 2.04. The van der Waals surface area contributed by atoms with Gasteiger partial charge in [0, 0.05) is 28.2 Å². The summed E-state index contributed by atoms with van der Waals surface area (Å²) in [5.74, 6) is -0.0270. The van der Waals surface area contributed by atoms with E-state index in [0.29, 0.717) is 10.9 Å². The van der Waals surface area contributed by atoms with Gasteiger partial charge in [-0.3, -0.25) is 9.59 Å². The summed E-state index contributed by atoms with van der Waals surface area (Å²) in [6.45, 7) is 3.48. The number of rotatable bonds is 2. The van der Waals surface area contributed by atoms with Gasteiger partial charge in [0.05, 0.1) is 0 Å². The van der Waals surface area contributed by atoms with Crippen molar-refractivity contribution in [3.8, 4) is 0 Å². The molecule has 0 saturated carbocycles. The number of aromatic nitrogens is 1. The predicted octanol–water partition coefficient (Wildman–Crippen LogP) is 2.29. The molecule has 0 bridgehead atoms. The van der Waals surface area contributed by atoms with Gasteiger partial charge in [-0.05, 0) is 31.5 Å². The van der Waals surface area contributed by atoms with Crippen molar-refractivity contribution in [2.45, 2.75) is 20.3 Å². The quantitative estimate of drug-likeness (QED) is 0.781. The first-order valence-electron chi connectivity index (χ1n) is 5.28. The topological polar surface area (TPSA) is 49.9 Å². The molecule has 0 aliphatic carbocycles. The summed E-state index contributed by atoms with van der Waals surface area (Å²) in [6.07, 6.45) is 0.791. The van der Waals surface area contributed by atoms with Gasteiger partial charge in [-0.2, -0.15) is 0 Å². The fraction of sp³-hybridized carbons (Fsp3) is 0.231. The first kappa shape index (κ1) is 10.6. The number of hydrogen-bond acceptors (Lipinski definition) is 2. The van der Waals surface area contributed by atoms with Gasteiger partial charge in [-0.1, -0.05) is 6.92 Å². The molecule has 82 valence electrons. The van der Waals surface area contributed by atoms with Crippen molar-refractivity contribution < 1.29 is 4.79 Å². The van der Waals surface area contributed by atoms with Crippen LogP contribution in [0.1, 0.15) is 29.9 Å². The molecule has 1 heterocycles. The normalized spacial score (nSPS) is 10.6. The van der Waals surface area contributed by atoms with Crippen LogP contribution in [0.3, 0.4) is 0 Å². The summed E-state index contributed by atoms with van der Waals surface area (Å²) in [6, 6.07) is 6.76. The highest BCUT2D eigenvalue weighted by Crippen LogP contribution is 2.12. The summed E-state index contributed by atoms with van der Waals surface area (Å²) < 4.78 is 0. The average molecular weight is 215 g/mol. The minimum Gasteiger partial charge on any atom is -0.358 e. The molecule has 0 spiro atoms. The number of aryl methyl sites for hydroxylation is 1. The predicted molar refractivity (Wildman–Crippen MR) is 64.0 cm³/mol. The Kier molecular flexibility index (Phi) is 2.60. The number of carbonyl (C=O) groups is 1. The van der Waals surface area contributed by atoms with E-state index in [0.717, 1.165) is 17.6 Å². The Labute approximate surface area is 93.1 Å². The van der Waals surface area contributed by atoms with Crippen molar-refractivity contribution >= 4 is 16.7 Å². The Hall–Kier alpha value is -1.90. The molecule has 3 heteroatoms. The minimum atomic E-state index is -0.0336. The zero-order chi connectivity index (χ0) is 11.7. The van der Waals surface area contributed by atoms with Crippen LogP contribution in [-0.4, -0.2) is 10.8 Å². The van der Waals surface area contributed by atoms with Crippen LogP contribution in [0.2, 0.25) is 0 Å². The zero-order valence-corrected chi connectivity index (χ0v) is 9.33. The molecule has 0 unspecified atom stereocenters. The van der Waals surface area contributed by atoms with Crippen LogP contribution in [-0.2, 0) is 6.42 Å². The molecule has 0 radical (unpaired) electrons. The summed E-state index contributed by atoms with van der Waals surface area (Å²) >= 11 is 0. The molecule has 0 aliphatic heterocycles. The molecule has 1 aromatic heterocycles. The molecule has 3 nitrogen and oxygen atoms in total. The molecular weight excluding hydrogens is 202 g/mol. The molecule has 2 aromatic rings. The number of Topliss-reactive ketones (excluding diaryl/α,β-unsaturated/α-hetero) is 1. The van der Waals surface area contributed by atoms with Gasteiger partial charge < -0.3 is 4.98 Å². The van der Waals surface area contributed by atoms with E-state index in [1.54, 1.807) is 24.3 Å². The largest absolute Gasteiger partial charge is 0.358 e. The van der Waals surface area contributed by atoms with Crippen LogP contribution in [0.15, 0.2) is 29.1 Å². The lowest BCUT2D eigenvalue weighted by Crippen LogP contribution is -2.05. The summed E-state index contributed by atoms with van der Waals surface area (Å²) in [5.41, 5.74) is 2.23. The second kappa shape index (κ2) is 3.93. The van der Waals surface area contributed by atoms with E-state index in [9.17, 15) is 9.59 Å². The Bertz CT molecular complexity index is 611. The van der Waals surface area contributed by atoms with Crippen molar-refractivity contribution in [3.63, 3.8) is 0 Å². The van der Waals surface area contributed by atoms with Crippen molar-refractivity contribution in [2.75, 3.05) is 0 Å². The van der Waals surface area contributed by atoms with E-state index in [1.807, 2.05) is 6.92 Å². The van der Waals surface area contributed by atoms with E-state index in [-0.39, 0.29) is 11.2 Å². The average Bonchev–Trinajstić information content (AvgIpc) is 2.28. The van der Waals surface area contributed by atoms with Gasteiger partial charge in [-0.15, -0.1) is 0 Å². The molecule has 1 N–H and O–H groups in total. The Morgan fingerprint density at radius 3 is 2.69 bits per heavy atom. The van der Waals surface area contributed by atoms with Crippen LogP contribution in [0.5, 0.6) is 0 Å². The second-order valence-electron chi connectivity index (χ2n) is 3.83. The molecule has 0 saturated heterocycles. The third kappa shape index (κ3) is 1.76. The number of aromatic amines is 1. The van der Waals surface area contributed by atoms with E-state index < -0.39 is 0 Å². The summed E-state index contributed by atoms with van der Waals surface area (Å²) in [4.78, 5) is 26.2. The smallest absolute Gasteiger partial charge is 0.189 e. The summed E-state index contributed by atoms with van der Waals surface area (Å²) in [7, 11) is 0. The second-order valence-corrected chi connectivity index (χ2v) is 3.83. The number of nitrogens with one attached hydrogen (secondary N) is 1. The Balaban J connectivity index is 2.75. The molecule has 0 atom stereocenters. The summed E-state index contributed by atoms with van der Waals surface area (Å²) in [5, 5.41) is 0.574. The maximum Gasteiger partial charge on any atom is 0.189 e. The van der Waals surface area contributed by atoms with Crippen molar-refractivity contribution in [1.29, 1.82) is 0 Å². The number of fused-ring (bicyclic) bond motifs is 1. The monoisotopic (exact) mass is 215 g/mol. The van der Waals surface area contributed by atoms with Gasteiger partial charge in [-0.25, -0.2) is 0 Å². The number of hydrogen-bond donors (Lipinski definition) is 1. The van der Waals surface area contributed by atoms with Crippen molar-refractivity contribution in [3.05, 3.63) is 45.7 Å². The molecule has 0 amide bonds. The van der Waals surface area contributed by atoms with Crippen LogP contribution in [0.25, 0.3) is 10.9 Å². The Morgan fingerprint density at radius 1 is 1.31 bits per heavy atom. The van der Waals surface area contributed by atoms with Crippen LogP contribution in [0, 0.1) is 0 Å². The van der Waals surface area contributed by atoms with Gasteiger partial charge in [0.1, 0.15) is 0 Å². The lowest BCUT2D eigenvalue weighted by molar-refractivity contribution is 0.101. The third-order valence-electron chi connectivity index (χ3n) is 2.67. The maximum absolute atomic E-state index is 11.8. The number of ketones is 1. The standard InChI is InChI=1S/C13H13NO2/c1-3-10-7-13(16)11-6-9(8(2)15)4-5-12(11)14-10/h4-7H,3H2,1-2H3,(H,14,16). The van der Waals surface area contributed by atoms with Gasteiger partial charge in [0.2, 0.25) is 0 Å².